The largest absolute Gasteiger partial charge is 0.147 e. The Bertz CT molecular complexity index is 1840. The zero-order chi connectivity index (χ0) is 29.3. The van der Waals surface area contributed by atoms with Crippen LogP contribution in [0.2, 0.25) is 9.26 Å². The Hall–Kier alpha value is -1.96. The number of hydrogen-bond donors (Lipinski definition) is 0. The molecular weight excluding hydrogens is 659 g/mol. The zero-order valence-electron chi connectivity index (χ0n) is 26.9. The van der Waals surface area contributed by atoms with Gasteiger partial charge in [-0.2, -0.15) is 0 Å². The molecule has 0 N–H and O–H groups in total. The van der Waals surface area contributed by atoms with Crippen molar-refractivity contribution in [2.45, 2.75) is 58.1 Å². The van der Waals surface area contributed by atoms with Crippen LogP contribution in [0.4, 0.5) is 0 Å². The van der Waals surface area contributed by atoms with Gasteiger partial charge in [0.2, 0.25) is 0 Å². The number of allylic oxidation sites excluding steroid dienone is 2. The van der Waals surface area contributed by atoms with Gasteiger partial charge in [0.05, 0.1) is 0 Å². The molecule has 4 heteroatoms. The predicted molar refractivity (Wildman–Crippen MR) is 195 cm³/mol. The van der Waals surface area contributed by atoms with E-state index in [4.69, 9.17) is 0 Å². The molecule has 2 aliphatic rings. The molecule has 0 heterocycles. The molecule has 4 aromatic rings. The normalized spacial score (nSPS) is 17.4. The first kappa shape index (κ1) is 33.9. The number of aryl methyl sites for hydroxylation is 3. The van der Waals surface area contributed by atoms with Crippen LogP contribution >= 0.6 is 24.8 Å². The summed E-state index contributed by atoms with van der Waals surface area (Å²) in [7, 11) is 0. The van der Waals surface area contributed by atoms with Gasteiger partial charge in [0.1, 0.15) is 0 Å². The number of rotatable bonds is 5. The van der Waals surface area contributed by atoms with Crippen molar-refractivity contribution in [3.63, 3.8) is 0 Å². The Labute approximate surface area is 274 Å². The molecule has 0 saturated carbocycles. The van der Waals surface area contributed by atoms with Gasteiger partial charge in [-0.1, -0.05) is 0 Å². The molecule has 0 radical (unpaired) electrons. The number of benzene rings is 4. The molecule has 2 unspecified atom stereocenters. The molecule has 43 heavy (non-hydrogen) atoms. The van der Waals surface area contributed by atoms with Crippen LogP contribution in [0.5, 0.6) is 0 Å². The molecule has 0 fully saturated rings. The van der Waals surface area contributed by atoms with Gasteiger partial charge < -0.3 is 0 Å². The van der Waals surface area contributed by atoms with E-state index in [0.29, 0.717) is 13.2 Å². The Kier molecular flexibility index (Phi) is 9.54. The van der Waals surface area contributed by atoms with Gasteiger partial charge in [0.15, 0.2) is 0 Å². The molecule has 0 bridgehead atoms. The van der Waals surface area contributed by atoms with E-state index in [-0.39, 0.29) is 24.8 Å². The summed E-state index contributed by atoms with van der Waals surface area (Å²) in [6, 6.07) is 29.8. The van der Waals surface area contributed by atoms with Crippen LogP contribution < -0.4 is 0 Å². The summed E-state index contributed by atoms with van der Waals surface area (Å²) < 4.78 is 6.59. The molecule has 0 saturated heterocycles. The van der Waals surface area contributed by atoms with Crippen LogP contribution in [-0.2, 0) is 17.4 Å². The van der Waals surface area contributed by atoms with E-state index in [1.54, 1.807) is 22.3 Å². The van der Waals surface area contributed by atoms with E-state index in [1.165, 1.54) is 50.1 Å². The van der Waals surface area contributed by atoms with E-state index < -0.39 is 17.4 Å². The van der Waals surface area contributed by atoms with Gasteiger partial charge in [-0.3, -0.25) is 0 Å². The van der Waals surface area contributed by atoms with Gasteiger partial charge in [0, 0.05) is 0 Å². The van der Waals surface area contributed by atoms with E-state index in [0.717, 1.165) is 0 Å². The third-order valence-corrected chi connectivity index (χ3v) is 27.6. The molecule has 224 valence electrons. The van der Waals surface area contributed by atoms with Gasteiger partial charge in [-0.05, 0) is 0 Å². The summed E-state index contributed by atoms with van der Waals surface area (Å²) in [6.45, 7) is 16.5. The minimum absolute atomic E-state index is 0. The molecule has 4 aromatic carbocycles. The summed E-state index contributed by atoms with van der Waals surface area (Å²) in [5.41, 5.74) is 19.0. The third kappa shape index (κ3) is 5.56. The fourth-order valence-corrected chi connectivity index (χ4v) is 29.0. The van der Waals surface area contributed by atoms with Crippen molar-refractivity contribution in [2.24, 2.45) is 5.92 Å². The van der Waals surface area contributed by atoms with Crippen molar-refractivity contribution in [1.29, 1.82) is 0 Å². The second-order valence-corrected chi connectivity index (χ2v) is 44.7. The number of hydrogen-bond acceptors (Lipinski definition) is 0. The SMILES string of the molecule is CC1=Cc2c(-c3cc(C)ccc3C)ccc(C)c2[CH]1[Zr]([CH3])([CH3])(=[SiH2])[CH]1C(C(C)C)=Cc2c(-c3ccccc3)cccc21.Cl.Cl. The minimum Gasteiger partial charge on any atom is -0.147 e. The molecular formula is C39H46Cl2SiZr. The molecule has 0 aromatic heterocycles. The van der Waals surface area contributed by atoms with Gasteiger partial charge in [-0.15, -0.1) is 24.8 Å². The average molecular weight is 705 g/mol. The predicted octanol–water partition coefficient (Wildman–Crippen LogP) is 11.4. The van der Waals surface area contributed by atoms with Crippen LogP contribution in [0.1, 0.15) is 67.0 Å². The Morgan fingerprint density at radius 3 is 2.00 bits per heavy atom. The molecule has 6 rings (SSSR count). The quantitative estimate of drug-likeness (QED) is 0.181. The second-order valence-electron chi connectivity index (χ2n) is 14.2. The van der Waals surface area contributed by atoms with Gasteiger partial charge in [-0.25, -0.2) is 0 Å². The summed E-state index contributed by atoms with van der Waals surface area (Å²) >= 11 is -3.65. The van der Waals surface area contributed by atoms with Gasteiger partial charge >= 0.3 is 252 Å². The van der Waals surface area contributed by atoms with Crippen molar-refractivity contribution in [3.8, 4) is 22.3 Å². The first-order chi connectivity index (χ1) is 19.4. The fourth-order valence-electron chi connectivity index (χ4n) is 8.33. The first-order valence-electron chi connectivity index (χ1n) is 15.2. The van der Waals surface area contributed by atoms with E-state index in [1.807, 2.05) is 0 Å². The molecule has 2 atom stereocenters. The molecule has 0 aliphatic heterocycles. The standard InChI is InChI=1S/C19H19.C18H17.2CH3.2ClH.H2Si.Zr/c1-12-5-6-14(3)17(9-12)16-8-7-15(4)18-10-13(2)11-19(16)18;1-13(2)16-11-15-9-6-10-17(18(15)12-16)14-7-4-3-5-8-14;;;;;;/h5-11H,1-4H3;3-13H,1-2H3;2*1H3;2*1H;1H2;. The number of fused-ring (bicyclic) bond motifs is 2. The third-order valence-electron chi connectivity index (χ3n) is 10.0. The van der Waals surface area contributed by atoms with Crippen molar-refractivity contribution in [3.05, 3.63) is 129 Å². The smallest absolute Gasteiger partial charge is 0.147 e. The number of halogens is 2. The molecule has 0 amide bonds. The average Bonchev–Trinajstić information content (AvgIpc) is 3.51. The molecule has 0 spiro atoms. The van der Waals surface area contributed by atoms with Crippen LogP contribution in [0, 0.1) is 26.7 Å². The van der Waals surface area contributed by atoms with E-state index in [2.05, 4.69) is 149 Å². The van der Waals surface area contributed by atoms with Gasteiger partial charge in [0.25, 0.3) is 0 Å². The van der Waals surface area contributed by atoms with Crippen molar-refractivity contribution in [2.75, 3.05) is 0 Å². The molecule has 2 aliphatic carbocycles. The maximum atomic E-state index is 2.77. The summed E-state index contributed by atoms with van der Waals surface area (Å²) in [5.74, 6) is 0.515. The monoisotopic (exact) mass is 702 g/mol. The second kappa shape index (κ2) is 12.1. The Morgan fingerprint density at radius 1 is 0.651 bits per heavy atom. The maximum Gasteiger partial charge on any atom is -0.147 e. The summed E-state index contributed by atoms with van der Waals surface area (Å²) in [6.07, 6.45) is 5.16. The van der Waals surface area contributed by atoms with Crippen LogP contribution in [0.3, 0.4) is 0 Å². The summed E-state index contributed by atoms with van der Waals surface area (Å²) in [5, 5.41) is 0. The minimum atomic E-state index is -3.65. The topological polar surface area (TPSA) is 0 Å². The van der Waals surface area contributed by atoms with Crippen molar-refractivity contribution >= 4 is 43.8 Å². The maximum absolute atomic E-state index is 3.65. The van der Waals surface area contributed by atoms with E-state index in [9.17, 15) is 0 Å². The zero-order valence-corrected chi connectivity index (χ0v) is 32.4. The Morgan fingerprint density at radius 2 is 1.33 bits per heavy atom. The van der Waals surface area contributed by atoms with Crippen LogP contribution in [-0.4, -0.2) is 6.88 Å². The van der Waals surface area contributed by atoms with Crippen molar-refractivity contribution in [1.82, 2.24) is 0 Å². The molecule has 0 nitrogen and oxygen atoms in total. The Balaban J connectivity index is 0.00000212. The van der Waals surface area contributed by atoms with E-state index >= 15 is 0 Å². The first-order valence-corrected chi connectivity index (χ1v) is 28.9. The van der Waals surface area contributed by atoms with Crippen LogP contribution in [0.15, 0.2) is 90.0 Å². The van der Waals surface area contributed by atoms with Crippen LogP contribution in [0.25, 0.3) is 34.4 Å². The summed E-state index contributed by atoms with van der Waals surface area (Å²) in [4.78, 5) is 0. The fraction of sp³-hybridized carbons (Fsp3) is 0.282. The van der Waals surface area contributed by atoms with Crippen molar-refractivity contribution < 1.29 is 17.4 Å².